The Morgan fingerprint density at radius 1 is 1.12 bits per heavy atom. The van der Waals surface area contributed by atoms with E-state index in [1.54, 1.807) is 24.3 Å². The number of anilines is 1. The normalized spacial score (nSPS) is 11.6. The first kappa shape index (κ1) is 22.3. The molecule has 0 aliphatic carbocycles. The summed E-state index contributed by atoms with van der Waals surface area (Å²) in [6.07, 6.45) is 2.07. The van der Waals surface area contributed by atoms with E-state index >= 15 is 0 Å². The first-order chi connectivity index (χ1) is 15.4. The summed E-state index contributed by atoms with van der Waals surface area (Å²) in [5, 5.41) is 0.717. The van der Waals surface area contributed by atoms with Crippen molar-refractivity contribution in [2.24, 2.45) is 0 Å². The zero-order chi connectivity index (χ0) is 22.8. The minimum absolute atomic E-state index is 0.0456. The summed E-state index contributed by atoms with van der Waals surface area (Å²) in [5.41, 5.74) is 3.12. The third kappa shape index (κ3) is 4.48. The van der Waals surface area contributed by atoms with E-state index in [2.05, 4.69) is 20.8 Å². The Bertz CT molecular complexity index is 1290. The largest absolute Gasteiger partial charge is 0.454 e. The predicted octanol–water partition coefficient (Wildman–Crippen LogP) is 6.70. The van der Waals surface area contributed by atoms with Gasteiger partial charge >= 0.3 is 0 Å². The number of nitrogens with zero attached hydrogens (tertiary/aromatic N) is 3. The molecule has 0 spiro atoms. The number of thioether (sulfide) groups is 1. The standard InChI is InChI=1S/C25H26FN3O2S/c1-5-6-11-32-25(30)16-7-9-19-20(13-16)28-24(29(4)15(2)3)23(27-19)22-14-17-12-18(26)8-10-21(17)31-22/h7-10,12-15H,5-6,11H2,1-4H3. The summed E-state index contributed by atoms with van der Waals surface area (Å²) in [7, 11) is 1.95. The second kappa shape index (κ2) is 9.28. The Kier molecular flexibility index (Phi) is 6.46. The van der Waals surface area contributed by atoms with Crippen LogP contribution >= 0.6 is 11.8 Å². The van der Waals surface area contributed by atoms with Crippen molar-refractivity contribution in [2.45, 2.75) is 39.7 Å². The number of furan rings is 1. The minimum atomic E-state index is -0.317. The summed E-state index contributed by atoms with van der Waals surface area (Å²) < 4.78 is 19.7. The number of halogens is 1. The Morgan fingerprint density at radius 2 is 1.94 bits per heavy atom. The topological polar surface area (TPSA) is 59.2 Å². The molecular weight excluding hydrogens is 425 g/mol. The van der Waals surface area contributed by atoms with Crippen LogP contribution in [0.25, 0.3) is 33.5 Å². The summed E-state index contributed by atoms with van der Waals surface area (Å²) in [6, 6.07) is 11.8. The lowest BCUT2D eigenvalue weighted by Crippen LogP contribution is -2.27. The Labute approximate surface area is 191 Å². The van der Waals surface area contributed by atoms with Crippen LogP contribution in [0.15, 0.2) is 46.9 Å². The van der Waals surface area contributed by atoms with Crippen molar-refractivity contribution in [3.63, 3.8) is 0 Å². The number of aromatic nitrogens is 2. The van der Waals surface area contributed by atoms with Gasteiger partial charge in [-0.05, 0) is 62.7 Å². The van der Waals surface area contributed by atoms with E-state index in [1.165, 1.54) is 23.9 Å². The molecule has 32 heavy (non-hydrogen) atoms. The molecule has 0 aliphatic rings. The van der Waals surface area contributed by atoms with Crippen LogP contribution in [0.4, 0.5) is 10.2 Å². The van der Waals surface area contributed by atoms with E-state index in [-0.39, 0.29) is 17.0 Å². The van der Waals surface area contributed by atoms with Crippen LogP contribution in [0.2, 0.25) is 0 Å². The maximum atomic E-state index is 13.7. The fraction of sp³-hybridized carbons (Fsp3) is 0.320. The highest BCUT2D eigenvalue weighted by Crippen LogP contribution is 2.34. The molecule has 0 bridgehead atoms. The molecule has 2 aromatic carbocycles. The summed E-state index contributed by atoms with van der Waals surface area (Å²) in [5.74, 6) is 1.67. The van der Waals surface area contributed by atoms with E-state index in [0.717, 1.165) is 18.6 Å². The number of carbonyl (C=O) groups excluding carboxylic acids is 1. The maximum Gasteiger partial charge on any atom is 0.219 e. The van der Waals surface area contributed by atoms with Gasteiger partial charge in [0.05, 0.1) is 11.0 Å². The van der Waals surface area contributed by atoms with Gasteiger partial charge in [0.2, 0.25) is 5.12 Å². The van der Waals surface area contributed by atoms with E-state index in [0.29, 0.717) is 44.8 Å². The summed E-state index contributed by atoms with van der Waals surface area (Å²) >= 11 is 1.34. The average molecular weight is 452 g/mol. The molecule has 0 aliphatic heterocycles. The smallest absolute Gasteiger partial charge is 0.219 e. The lowest BCUT2D eigenvalue weighted by Gasteiger charge is -2.24. The second-order valence-corrected chi connectivity index (χ2v) is 9.15. The van der Waals surface area contributed by atoms with Crippen LogP contribution in [0.5, 0.6) is 0 Å². The van der Waals surface area contributed by atoms with Crippen molar-refractivity contribution in [1.29, 1.82) is 0 Å². The van der Waals surface area contributed by atoms with Crippen molar-refractivity contribution in [3.8, 4) is 11.5 Å². The van der Waals surface area contributed by atoms with Gasteiger partial charge in [-0.2, -0.15) is 0 Å². The predicted molar refractivity (Wildman–Crippen MR) is 130 cm³/mol. The van der Waals surface area contributed by atoms with Crippen molar-refractivity contribution in [3.05, 3.63) is 53.8 Å². The first-order valence-electron chi connectivity index (χ1n) is 10.8. The summed E-state index contributed by atoms with van der Waals surface area (Å²) in [4.78, 5) is 24.3. The fourth-order valence-electron chi connectivity index (χ4n) is 3.35. The molecule has 7 heteroatoms. The van der Waals surface area contributed by atoms with Crippen LogP contribution in [0.3, 0.4) is 0 Å². The highest BCUT2D eigenvalue weighted by atomic mass is 32.2. The lowest BCUT2D eigenvalue weighted by molar-refractivity contribution is 0.108. The molecule has 0 amide bonds. The van der Waals surface area contributed by atoms with Gasteiger partial charge in [0, 0.05) is 29.8 Å². The Hall–Kier alpha value is -2.93. The van der Waals surface area contributed by atoms with Crippen LogP contribution in [-0.4, -0.2) is 33.9 Å². The maximum absolute atomic E-state index is 13.7. The molecule has 0 saturated carbocycles. The van der Waals surface area contributed by atoms with Crippen LogP contribution in [0.1, 0.15) is 44.0 Å². The van der Waals surface area contributed by atoms with Gasteiger partial charge in [-0.3, -0.25) is 4.79 Å². The van der Waals surface area contributed by atoms with Crippen LogP contribution in [0, 0.1) is 5.82 Å². The molecule has 2 aromatic heterocycles. The van der Waals surface area contributed by atoms with Crippen molar-refractivity contribution >= 4 is 44.7 Å². The molecule has 4 aromatic rings. The Balaban J connectivity index is 1.81. The average Bonchev–Trinajstić information content (AvgIpc) is 3.20. The lowest BCUT2D eigenvalue weighted by atomic mass is 10.1. The number of benzene rings is 2. The minimum Gasteiger partial charge on any atom is -0.454 e. The fourth-order valence-corrected chi connectivity index (χ4v) is 4.26. The highest BCUT2D eigenvalue weighted by molar-refractivity contribution is 8.14. The molecule has 0 N–H and O–H groups in total. The van der Waals surface area contributed by atoms with Crippen molar-refractivity contribution in [1.82, 2.24) is 9.97 Å². The number of rotatable bonds is 7. The van der Waals surface area contributed by atoms with E-state index in [9.17, 15) is 9.18 Å². The van der Waals surface area contributed by atoms with Gasteiger partial charge in [-0.1, -0.05) is 25.1 Å². The number of fused-ring (bicyclic) bond motifs is 2. The third-order valence-corrected chi connectivity index (χ3v) is 6.42. The van der Waals surface area contributed by atoms with Gasteiger partial charge in [0.15, 0.2) is 11.6 Å². The van der Waals surface area contributed by atoms with E-state index in [1.807, 2.05) is 18.0 Å². The highest BCUT2D eigenvalue weighted by Gasteiger charge is 2.21. The monoisotopic (exact) mass is 451 g/mol. The molecule has 0 unspecified atom stereocenters. The summed E-state index contributed by atoms with van der Waals surface area (Å²) in [6.45, 7) is 6.24. The molecule has 166 valence electrons. The number of carbonyl (C=O) groups is 1. The molecule has 2 heterocycles. The van der Waals surface area contributed by atoms with E-state index < -0.39 is 0 Å². The van der Waals surface area contributed by atoms with E-state index in [4.69, 9.17) is 14.4 Å². The molecule has 0 radical (unpaired) electrons. The van der Waals surface area contributed by atoms with Gasteiger partial charge in [0.1, 0.15) is 17.1 Å². The zero-order valence-corrected chi connectivity index (χ0v) is 19.5. The molecule has 0 fully saturated rings. The third-order valence-electron chi connectivity index (χ3n) is 5.43. The molecule has 0 saturated heterocycles. The van der Waals surface area contributed by atoms with Gasteiger partial charge in [-0.15, -0.1) is 0 Å². The van der Waals surface area contributed by atoms with Gasteiger partial charge in [0.25, 0.3) is 0 Å². The quantitative estimate of drug-likeness (QED) is 0.291. The van der Waals surface area contributed by atoms with Gasteiger partial charge in [-0.25, -0.2) is 14.4 Å². The van der Waals surface area contributed by atoms with Crippen molar-refractivity contribution in [2.75, 3.05) is 17.7 Å². The first-order valence-corrected chi connectivity index (χ1v) is 11.8. The van der Waals surface area contributed by atoms with Crippen LogP contribution < -0.4 is 4.90 Å². The number of hydrogen-bond acceptors (Lipinski definition) is 6. The molecule has 5 nitrogen and oxygen atoms in total. The number of hydrogen-bond donors (Lipinski definition) is 0. The molecular formula is C25H26FN3O2S. The van der Waals surface area contributed by atoms with Gasteiger partial charge < -0.3 is 9.32 Å². The van der Waals surface area contributed by atoms with Crippen LogP contribution in [-0.2, 0) is 0 Å². The molecule has 4 rings (SSSR count). The SMILES string of the molecule is CCCCSC(=O)c1ccc2nc(-c3cc4cc(F)ccc4o3)c(N(C)C(C)C)nc2c1. The zero-order valence-electron chi connectivity index (χ0n) is 18.7. The second-order valence-electron chi connectivity index (χ2n) is 8.09. The van der Waals surface area contributed by atoms with Crippen molar-refractivity contribution < 1.29 is 13.6 Å². The molecule has 0 atom stereocenters. The Morgan fingerprint density at radius 3 is 2.69 bits per heavy atom. The number of unbranched alkanes of at least 4 members (excludes halogenated alkanes) is 1.